The van der Waals surface area contributed by atoms with Gasteiger partial charge in [0.25, 0.3) is 0 Å². The van der Waals surface area contributed by atoms with Crippen LogP contribution in [-0.4, -0.2) is 20.3 Å². The van der Waals surface area contributed by atoms with E-state index >= 15 is 0 Å². The summed E-state index contributed by atoms with van der Waals surface area (Å²) in [5, 5.41) is 0. The number of hydrogen-bond acceptors (Lipinski definition) is 2. The van der Waals surface area contributed by atoms with Crippen molar-refractivity contribution in [3.05, 3.63) is 0 Å². The Labute approximate surface area is 77.0 Å². The van der Waals surface area contributed by atoms with Gasteiger partial charge in [-0.1, -0.05) is 0 Å². The van der Waals surface area contributed by atoms with Crippen LogP contribution in [0.5, 0.6) is 0 Å². The summed E-state index contributed by atoms with van der Waals surface area (Å²) in [6.45, 7) is 0. The predicted octanol–water partition coefficient (Wildman–Crippen LogP) is -1.48. The number of rotatable bonds is 0. The normalized spacial score (nSPS) is 1.33. The number of hydrogen-bond donors (Lipinski definition) is 0. The van der Waals surface area contributed by atoms with Crippen molar-refractivity contribution in [1.29, 1.82) is 0 Å². The zero-order valence-electron chi connectivity index (χ0n) is 3.95. The average molecular weight is 331 g/mol. The van der Waals surface area contributed by atoms with E-state index < -0.39 is 0 Å². The minimum absolute atomic E-state index is 0. The van der Waals surface area contributed by atoms with Crippen LogP contribution in [0.25, 0.3) is 0 Å². The molecule has 6 nitrogen and oxygen atoms in total. The molecular formula is HfO6Si2. The van der Waals surface area contributed by atoms with Gasteiger partial charge >= 0.3 is 55.0 Å². The third-order valence-corrected chi connectivity index (χ3v) is 0. The van der Waals surface area contributed by atoms with E-state index in [2.05, 4.69) is 0 Å². The molecule has 9 heteroatoms. The summed E-state index contributed by atoms with van der Waals surface area (Å²) in [5.74, 6) is 0. The van der Waals surface area contributed by atoms with Crippen LogP contribution in [0.2, 0.25) is 0 Å². The molecule has 0 aliphatic carbocycles. The summed E-state index contributed by atoms with van der Waals surface area (Å²) < 4.78 is 16.1. The van der Waals surface area contributed by atoms with Crippen LogP contribution in [0.1, 0.15) is 0 Å². The van der Waals surface area contributed by atoms with E-state index in [1.54, 1.807) is 20.3 Å². The first kappa shape index (κ1) is 98.9. The van der Waals surface area contributed by atoms with Gasteiger partial charge in [-0.25, -0.2) is 0 Å². The molecule has 0 aliphatic heterocycles. The molecule has 0 saturated carbocycles. The molecule has 0 saturated heterocycles. The zero-order chi connectivity index (χ0) is 4.00. The molecule has 0 aromatic rings. The Morgan fingerprint density at radius 1 is 0.556 bits per heavy atom. The molecule has 0 aromatic carbocycles. The second kappa shape index (κ2) is 948. The monoisotopic (exact) mass is 332 g/mol. The van der Waals surface area contributed by atoms with Gasteiger partial charge in [-0.15, -0.1) is 0 Å². The van der Waals surface area contributed by atoms with Crippen molar-refractivity contribution < 1.29 is 56.7 Å². The van der Waals surface area contributed by atoms with Crippen LogP contribution in [0.4, 0.5) is 0 Å². The summed E-state index contributed by atoms with van der Waals surface area (Å²) in [6.07, 6.45) is 0. The summed E-state index contributed by atoms with van der Waals surface area (Å²) in [6, 6.07) is 0. The second-order valence-corrected chi connectivity index (χ2v) is 0. The van der Waals surface area contributed by atoms with E-state index in [1.807, 2.05) is 0 Å². The van der Waals surface area contributed by atoms with E-state index in [-0.39, 0.29) is 47.7 Å². The maximum absolute atomic E-state index is 8.06. The second-order valence-electron chi connectivity index (χ2n) is 0. The maximum Gasteiger partial charge on any atom is 4.00 e. The molecule has 0 fully saturated rings. The molecule has 0 heterocycles. The van der Waals surface area contributed by atoms with Crippen molar-refractivity contribution in [2.75, 3.05) is 0 Å². The fourth-order valence-corrected chi connectivity index (χ4v) is 0. The van der Waals surface area contributed by atoms with E-state index in [1.165, 1.54) is 0 Å². The Morgan fingerprint density at radius 2 is 0.556 bits per heavy atom. The minimum atomic E-state index is 0. The van der Waals surface area contributed by atoms with E-state index in [4.69, 9.17) is 8.92 Å². The molecule has 0 aromatic heterocycles. The average Bonchev–Trinajstić information content (AvgIpc) is 1.50. The van der Waals surface area contributed by atoms with Gasteiger partial charge in [0.05, 0.1) is 0 Å². The molecule has 0 rings (SSSR count). The first-order valence-electron chi connectivity index (χ1n) is 0.408. The first-order valence-corrected chi connectivity index (χ1v) is 1.22. The fourth-order valence-electron chi connectivity index (χ4n) is 0. The Morgan fingerprint density at radius 3 is 0.556 bits per heavy atom. The zero-order valence-corrected chi connectivity index (χ0v) is 9.54. The Kier molecular flexibility index (Phi) is 10400. The quantitative estimate of drug-likeness (QED) is 0.498. The summed E-state index contributed by atoms with van der Waals surface area (Å²) in [4.78, 5) is 0. The van der Waals surface area contributed by atoms with Gasteiger partial charge < -0.3 is 21.9 Å². The molecular weight excluding hydrogens is 331 g/mol. The topological polar surface area (TPSA) is 148 Å². The largest absolute Gasteiger partial charge is 4.00 e. The molecule has 0 unspecified atom stereocenters. The van der Waals surface area contributed by atoms with Crippen LogP contribution in [0.15, 0.2) is 0 Å². The van der Waals surface area contributed by atoms with Crippen molar-refractivity contribution >= 4 is 20.3 Å². The van der Waals surface area contributed by atoms with E-state index in [0.29, 0.717) is 0 Å². The summed E-state index contributed by atoms with van der Waals surface area (Å²) >= 11 is 0. The first-order chi connectivity index (χ1) is 2.00. The van der Waals surface area contributed by atoms with Gasteiger partial charge in [0, 0.05) is 0 Å². The molecule has 0 bridgehead atoms. The van der Waals surface area contributed by atoms with Crippen LogP contribution < -0.4 is 0 Å². The Bertz CT molecular complexity index is 13.0. The minimum Gasteiger partial charge on any atom is -2.00 e. The van der Waals surface area contributed by atoms with Gasteiger partial charge in [0.1, 0.15) is 0 Å². The predicted molar refractivity (Wildman–Crippen MR) is 15.6 cm³/mol. The van der Waals surface area contributed by atoms with Gasteiger partial charge in [0.2, 0.25) is 0 Å². The van der Waals surface area contributed by atoms with Gasteiger partial charge in [-0.05, 0) is 0 Å². The van der Waals surface area contributed by atoms with E-state index in [9.17, 15) is 0 Å². The van der Waals surface area contributed by atoms with Crippen LogP contribution in [-0.2, 0) is 56.7 Å². The summed E-state index contributed by atoms with van der Waals surface area (Å²) in [7, 11) is 3.44. The van der Waals surface area contributed by atoms with Crippen LogP contribution in [0.3, 0.4) is 0 Å². The SMILES string of the molecule is O=[Si+2].O=[Si+2].[Hf+4].[O-2].[O-2].[O-2].[O-2]. The molecule has 48 valence electrons. The van der Waals surface area contributed by atoms with Gasteiger partial charge in [-0.2, -0.15) is 0 Å². The van der Waals surface area contributed by atoms with E-state index in [0.717, 1.165) is 0 Å². The maximum atomic E-state index is 8.06. The Hall–Kier alpha value is 0.744. The van der Waals surface area contributed by atoms with Crippen molar-refractivity contribution in [3.8, 4) is 0 Å². The fraction of sp³-hybridized carbons (Fsp3) is 0. The molecule has 0 amide bonds. The van der Waals surface area contributed by atoms with Crippen molar-refractivity contribution in [2.45, 2.75) is 0 Å². The third-order valence-electron chi connectivity index (χ3n) is 0. The molecule has 0 radical (unpaired) electrons. The molecule has 0 aliphatic rings. The van der Waals surface area contributed by atoms with Crippen LogP contribution in [0, 0.1) is 0 Å². The summed E-state index contributed by atoms with van der Waals surface area (Å²) in [5.41, 5.74) is 0. The van der Waals surface area contributed by atoms with Crippen LogP contribution >= 0.6 is 0 Å². The van der Waals surface area contributed by atoms with Crippen molar-refractivity contribution in [3.63, 3.8) is 0 Å². The Balaban J connectivity index is -0.00000000114. The molecule has 0 N–H and O–H groups in total. The molecule has 9 heavy (non-hydrogen) atoms. The van der Waals surface area contributed by atoms with Crippen molar-refractivity contribution in [1.82, 2.24) is 0 Å². The molecule has 0 spiro atoms. The smallest absolute Gasteiger partial charge is 2.00 e. The molecule has 0 atom stereocenters. The van der Waals surface area contributed by atoms with Gasteiger partial charge in [-0.3, -0.25) is 0 Å². The standard InChI is InChI=1S/Hf.2OSi.4O/c;2*1-2;;;;/q+4;2*+2;4*-2. The van der Waals surface area contributed by atoms with Crippen molar-refractivity contribution in [2.24, 2.45) is 0 Å². The van der Waals surface area contributed by atoms with Gasteiger partial charge in [0.15, 0.2) is 0 Å². The third kappa shape index (κ3) is 719.